The van der Waals surface area contributed by atoms with E-state index in [-0.39, 0.29) is 5.56 Å². The minimum absolute atomic E-state index is 0.0291. The maximum Gasteiger partial charge on any atom is 0.330 e. The highest BCUT2D eigenvalue weighted by molar-refractivity contribution is 5.97. The Balaban J connectivity index is 3.06. The summed E-state index contributed by atoms with van der Waals surface area (Å²) in [5.41, 5.74) is 0.0677. The lowest BCUT2D eigenvalue weighted by Gasteiger charge is -2.16. The summed E-state index contributed by atoms with van der Waals surface area (Å²) < 4.78 is 5.97. The van der Waals surface area contributed by atoms with E-state index in [9.17, 15) is 14.4 Å². The first-order chi connectivity index (χ1) is 10.8. The number of rotatable bonds is 7. The van der Waals surface area contributed by atoms with Gasteiger partial charge in [-0.2, -0.15) is 0 Å². The number of methoxy groups -OCH3 is 1. The molecule has 1 aromatic heterocycles. The van der Waals surface area contributed by atoms with Gasteiger partial charge in [0, 0.05) is 12.7 Å². The summed E-state index contributed by atoms with van der Waals surface area (Å²) in [4.78, 5) is 36.2. The van der Waals surface area contributed by atoms with Gasteiger partial charge >= 0.3 is 5.97 Å². The van der Waals surface area contributed by atoms with Crippen LogP contribution in [0.3, 0.4) is 0 Å². The van der Waals surface area contributed by atoms with Crippen LogP contribution in [0.5, 0.6) is 0 Å². The second-order valence-electron chi connectivity index (χ2n) is 5.79. The van der Waals surface area contributed by atoms with Gasteiger partial charge in [0.2, 0.25) is 0 Å². The molecule has 0 aliphatic rings. The number of nitrogens with one attached hydrogen (secondary N) is 1. The van der Waals surface area contributed by atoms with Gasteiger partial charge in [-0.15, -0.1) is 0 Å². The number of amides is 1. The van der Waals surface area contributed by atoms with Crippen LogP contribution in [0.15, 0.2) is 17.1 Å². The number of pyridine rings is 1. The van der Waals surface area contributed by atoms with Gasteiger partial charge in [-0.25, -0.2) is 4.79 Å². The molecule has 7 heteroatoms. The zero-order valence-corrected chi connectivity index (χ0v) is 14.0. The topological polar surface area (TPSA) is 97.6 Å². The van der Waals surface area contributed by atoms with Crippen molar-refractivity contribution in [1.82, 2.24) is 9.88 Å². The van der Waals surface area contributed by atoms with Crippen LogP contribution in [0.4, 0.5) is 0 Å². The number of nitrogens with zero attached hydrogens (tertiary/aromatic N) is 1. The van der Waals surface area contributed by atoms with Crippen LogP contribution in [-0.4, -0.2) is 41.3 Å². The number of hydrogen-bond donors (Lipinski definition) is 2. The molecule has 23 heavy (non-hydrogen) atoms. The van der Waals surface area contributed by atoms with Crippen LogP contribution in [0.2, 0.25) is 0 Å². The SMILES string of the molecule is COC(=O)C(CO)NC(=O)c1c(C)ccn(CCC(C)C)c1=O. The van der Waals surface area contributed by atoms with Gasteiger partial charge in [-0.1, -0.05) is 13.8 Å². The molecule has 1 rings (SSSR count). The van der Waals surface area contributed by atoms with Crippen LogP contribution in [-0.2, 0) is 16.1 Å². The van der Waals surface area contributed by atoms with Crippen LogP contribution in [0.1, 0.15) is 36.2 Å². The number of ether oxygens (including phenoxy) is 1. The summed E-state index contributed by atoms with van der Waals surface area (Å²) in [6, 6.07) is 0.485. The Morgan fingerprint density at radius 2 is 2.04 bits per heavy atom. The van der Waals surface area contributed by atoms with E-state index in [0.717, 1.165) is 13.5 Å². The predicted molar refractivity (Wildman–Crippen MR) is 85.3 cm³/mol. The highest BCUT2D eigenvalue weighted by atomic mass is 16.5. The molecule has 1 amide bonds. The number of aliphatic hydroxyl groups is 1. The predicted octanol–water partition coefficient (Wildman–Crippen LogP) is 0.467. The smallest absolute Gasteiger partial charge is 0.330 e. The van der Waals surface area contributed by atoms with Gasteiger partial charge in [-0.3, -0.25) is 9.59 Å². The van der Waals surface area contributed by atoms with Crippen molar-refractivity contribution in [1.29, 1.82) is 0 Å². The third-order valence-electron chi connectivity index (χ3n) is 3.52. The monoisotopic (exact) mass is 324 g/mol. The lowest BCUT2D eigenvalue weighted by Crippen LogP contribution is -2.46. The van der Waals surface area contributed by atoms with Gasteiger partial charge < -0.3 is 19.7 Å². The normalized spacial score (nSPS) is 12.1. The fourth-order valence-electron chi connectivity index (χ4n) is 2.07. The van der Waals surface area contributed by atoms with Crippen molar-refractivity contribution in [3.05, 3.63) is 33.7 Å². The molecule has 0 saturated heterocycles. The summed E-state index contributed by atoms with van der Waals surface area (Å²) in [7, 11) is 1.16. The molecule has 0 bridgehead atoms. The molecule has 1 atom stereocenters. The van der Waals surface area contributed by atoms with Crippen molar-refractivity contribution in [2.24, 2.45) is 5.92 Å². The molecular formula is C16H24N2O5. The highest BCUT2D eigenvalue weighted by Crippen LogP contribution is 2.06. The molecule has 0 aliphatic carbocycles. The van der Waals surface area contributed by atoms with Crippen LogP contribution < -0.4 is 10.9 Å². The molecule has 1 heterocycles. The van der Waals surface area contributed by atoms with Crippen molar-refractivity contribution >= 4 is 11.9 Å². The third-order valence-corrected chi connectivity index (χ3v) is 3.52. The Morgan fingerprint density at radius 1 is 1.39 bits per heavy atom. The van der Waals surface area contributed by atoms with Crippen molar-refractivity contribution in [2.75, 3.05) is 13.7 Å². The third kappa shape index (κ3) is 4.92. The van der Waals surface area contributed by atoms with E-state index in [1.807, 2.05) is 0 Å². The van der Waals surface area contributed by atoms with E-state index >= 15 is 0 Å². The average molecular weight is 324 g/mol. The number of esters is 1. The van der Waals surface area contributed by atoms with E-state index in [2.05, 4.69) is 23.9 Å². The first kappa shape index (κ1) is 18.9. The van der Waals surface area contributed by atoms with Gasteiger partial charge in [0.15, 0.2) is 6.04 Å². The first-order valence-electron chi connectivity index (χ1n) is 7.51. The van der Waals surface area contributed by atoms with Crippen LogP contribution in [0, 0.1) is 12.8 Å². The average Bonchev–Trinajstić information content (AvgIpc) is 2.50. The van der Waals surface area contributed by atoms with E-state index in [0.29, 0.717) is 18.0 Å². The molecule has 7 nitrogen and oxygen atoms in total. The van der Waals surface area contributed by atoms with Gasteiger partial charge in [-0.05, 0) is 30.9 Å². The maximum atomic E-state index is 12.5. The van der Waals surface area contributed by atoms with E-state index in [4.69, 9.17) is 5.11 Å². The Bertz CT molecular complexity index is 621. The van der Waals surface area contributed by atoms with E-state index in [1.165, 1.54) is 4.57 Å². The summed E-state index contributed by atoms with van der Waals surface area (Å²) in [5.74, 6) is -1.04. The van der Waals surface area contributed by atoms with Gasteiger partial charge in [0.25, 0.3) is 11.5 Å². The molecule has 0 spiro atoms. The number of carbonyl (C=O) groups is 2. The van der Waals surface area contributed by atoms with Crippen molar-refractivity contribution in [3.63, 3.8) is 0 Å². The molecular weight excluding hydrogens is 300 g/mol. The molecule has 128 valence electrons. The lowest BCUT2D eigenvalue weighted by atomic mass is 10.1. The highest BCUT2D eigenvalue weighted by Gasteiger charge is 2.24. The fraction of sp³-hybridized carbons (Fsp3) is 0.562. The number of carbonyl (C=O) groups excluding carboxylic acids is 2. The summed E-state index contributed by atoms with van der Waals surface area (Å²) in [5, 5.41) is 11.5. The molecule has 0 radical (unpaired) electrons. The number of aryl methyl sites for hydroxylation is 2. The minimum atomic E-state index is -1.20. The zero-order chi connectivity index (χ0) is 17.6. The van der Waals surface area contributed by atoms with Crippen molar-refractivity contribution in [2.45, 2.75) is 39.8 Å². The number of aliphatic hydroxyl groups excluding tert-OH is 1. The zero-order valence-electron chi connectivity index (χ0n) is 14.0. The molecule has 1 aromatic rings. The standard InChI is InChI=1S/C16H24N2O5/c1-10(2)5-7-18-8-6-11(3)13(15(18)21)14(20)17-12(9-19)16(22)23-4/h6,8,10,12,19H,5,7,9H2,1-4H3,(H,17,20). The second-order valence-corrected chi connectivity index (χ2v) is 5.79. The van der Waals surface area contributed by atoms with Crippen molar-refractivity contribution in [3.8, 4) is 0 Å². The Labute approximate surface area is 135 Å². The van der Waals surface area contributed by atoms with Gasteiger partial charge in [0.05, 0.1) is 13.7 Å². The molecule has 0 fully saturated rings. The molecule has 2 N–H and O–H groups in total. The Morgan fingerprint density at radius 3 is 2.57 bits per heavy atom. The first-order valence-corrected chi connectivity index (χ1v) is 7.51. The molecule has 0 aromatic carbocycles. The fourth-order valence-corrected chi connectivity index (χ4v) is 2.07. The van der Waals surface area contributed by atoms with Gasteiger partial charge in [0.1, 0.15) is 5.56 Å². The molecule has 0 aliphatic heterocycles. The van der Waals surface area contributed by atoms with Crippen molar-refractivity contribution < 1.29 is 19.4 Å². The molecule has 1 unspecified atom stereocenters. The minimum Gasteiger partial charge on any atom is -0.467 e. The lowest BCUT2D eigenvalue weighted by molar-refractivity contribution is -0.143. The van der Waals surface area contributed by atoms with Crippen LogP contribution >= 0.6 is 0 Å². The van der Waals surface area contributed by atoms with Crippen LogP contribution in [0.25, 0.3) is 0 Å². The largest absolute Gasteiger partial charge is 0.467 e. The summed E-state index contributed by atoms with van der Waals surface area (Å²) in [6.45, 7) is 5.66. The van der Waals surface area contributed by atoms with E-state index < -0.39 is 30.1 Å². The maximum absolute atomic E-state index is 12.5. The summed E-state index contributed by atoms with van der Waals surface area (Å²) >= 11 is 0. The Kier molecular flexibility index (Phi) is 6.96. The quantitative estimate of drug-likeness (QED) is 0.710. The second kappa shape index (κ2) is 8.47. The summed E-state index contributed by atoms with van der Waals surface area (Å²) in [6.07, 6.45) is 2.46. The number of hydrogen-bond acceptors (Lipinski definition) is 5. The van der Waals surface area contributed by atoms with E-state index in [1.54, 1.807) is 19.2 Å². The molecule has 0 saturated carbocycles. The number of aromatic nitrogens is 1. The Hall–Kier alpha value is -2.15.